The van der Waals surface area contributed by atoms with Crippen LogP contribution in [0.3, 0.4) is 0 Å². The molecular formula is C19H19Cl2FN4O. The average Bonchev–Trinajstić information content (AvgIpc) is 3.06. The second kappa shape index (κ2) is 8.25. The third kappa shape index (κ3) is 4.08. The zero-order valence-electron chi connectivity index (χ0n) is 14.4. The Morgan fingerprint density at radius 2 is 2.11 bits per heavy atom. The molecule has 8 heteroatoms. The van der Waals surface area contributed by atoms with Crippen molar-refractivity contribution in [1.29, 1.82) is 0 Å². The average molecular weight is 409 g/mol. The summed E-state index contributed by atoms with van der Waals surface area (Å²) in [5.74, 6) is -0.00929. The maximum Gasteiger partial charge on any atom is 0.229 e. The highest BCUT2D eigenvalue weighted by atomic mass is 35.5. The number of benzene rings is 2. The van der Waals surface area contributed by atoms with Crippen LogP contribution in [0.15, 0.2) is 36.4 Å². The van der Waals surface area contributed by atoms with Gasteiger partial charge in [0.2, 0.25) is 5.91 Å². The van der Waals surface area contributed by atoms with Crippen LogP contribution in [-0.4, -0.2) is 29.2 Å². The van der Waals surface area contributed by atoms with Crippen molar-refractivity contribution in [3.05, 3.63) is 47.2 Å². The molecule has 0 unspecified atom stereocenters. The van der Waals surface area contributed by atoms with E-state index in [-0.39, 0.29) is 30.0 Å². The number of carbonyl (C=O) groups excluding carboxylic acids is 1. The highest BCUT2D eigenvalue weighted by molar-refractivity contribution is 6.30. The van der Waals surface area contributed by atoms with Gasteiger partial charge < -0.3 is 10.6 Å². The molecule has 4 rings (SSSR count). The second-order valence-electron chi connectivity index (χ2n) is 6.49. The van der Waals surface area contributed by atoms with Gasteiger partial charge in [-0.2, -0.15) is 5.10 Å². The van der Waals surface area contributed by atoms with Crippen LogP contribution in [0.1, 0.15) is 12.8 Å². The molecule has 0 spiro atoms. The first-order valence-corrected chi connectivity index (χ1v) is 8.95. The standard InChI is InChI=1S/C19H18ClFN4O.ClH/c20-13-4-5-16(21)14(9-13)11-3-6-17-15(8-11)18(25-24-17)23-19(26)12-2-1-7-22-10-12;/h3-6,8-9,12,22H,1-2,7,10H2,(H2,23,24,25,26);1H/t12-;/m1./s1. The quantitative estimate of drug-likeness (QED) is 0.601. The molecule has 1 saturated heterocycles. The number of nitrogens with one attached hydrogen (secondary N) is 3. The third-order valence-electron chi connectivity index (χ3n) is 4.71. The summed E-state index contributed by atoms with van der Waals surface area (Å²) in [7, 11) is 0. The Hall–Kier alpha value is -2.15. The van der Waals surface area contributed by atoms with Gasteiger partial charge in [0.25, 0.3) is 0 Å². The van der Waals surface area contributed by atoms with Crippen molar-refractivity contribution < 1.29 is 9.18 Å². The number of H-pyrrole nitrogens is 1. The van der Waals surface area contributed by atoms with E-state index in [4.69, 9.17) is 11.6 Å². The fraction of sp³-hybridized carbons (Fsp3) is 0.263. The van der Waals surface area contributed by atoms with Crippen LogP contribution in [0.25, 0.3) is 22.0 Å². The van der Waals surface area contributed by atoms with Crippen LogP contribution in [0.5, 0.6) is 0 Å². The van der Waals surface area contributed by atoms with Crippen molar-refractivity contribution in [3.63, 3.8) is 0 Å². The van der Waals surface area contributed by atoms with Crippen molar-refractivity contribution in [3.8, 4) is 11.1 Å². The lowest BCUT2D eigenvalue weighted by Gasteiger charge is -2.21. The highest BCUT2D eigenvalue weighted by Crippen LogP contribution is 2.31. The lowest BCUT2D eigenvalue weighted by Crippen LogP contribution is -2.37. The number of halogens is 3. The maximum absolute atomic E-state index is 14.2. The summed E-state index contributed by atoms with van der Waals surface area (Å²) in [6.45, 7) is 1.62. The van der Waals surface area contributed by atoms with E-state index in [1.165, 1.54) is 12.1 Å². The smallest absolute Gasteiger partial charge is 0.229 e. The van der Waals surface area contributed by atoms with E-state index in [2.05, 4.69) is 20.8 Å². The molecule has 3 N–H and O–H groups in total. The van der Waals surface area contributed by atoms with Crippen molar-refractivity contribution >= 4 is 46.6 Å². The highest BCUT2D eigenvalue weighted by Gasteiger charge is 2.22. The molecule has 2 aromatic carbocycles. The van der Waals surface area contributed by atoms with Gasteiger partial charge >= 0.3 is 0 Å². The molecule has 1 aliphatic heterocycles. The number of aromatic amines is 1. The monoisotopic (exact) mass is 408 g/mol. The number of aromatic nitrogens is 2. The molecule has 27 heavy (non-hydrogen) atoms. The Kier molecular flexibility index (Phi) is 5.99. The molecule has 1 amide bonds. The molecule has 1 atom stereocenters. The number of anilines is 1. The minimum absolute atomic E-state index is 0. The van der Waals surface area contributed by atoms with Crippen molar-refractivity contribution in [1.82, 2.24) is 15.5 Å². The van der Waals surface area contributed by atoms with Crippen LogP contribution in [0.2, 0.25) is 5.02 Å². The zero-order valence-corrected chi connectivity index (χ0v) is 16.0. The molecule has 1 fully saturated rings. The Labute approximate surface area is 167 Å². The fourth-order valence-electron chi connectivity index (χ4n) is 3.29. The van der Waals surface area contributed by atoms with Gasteiger partial charge in [-0.05, 0) is 55.3 Å². The molecule has 1 aromatic heterocycles. The van der Waals surface area contributed by atoms with Gasteiger partial charge in [-0.25, -0.2) is 4.39 Å². The molecular weight excluding hydrogens is 390 g/mol. The van der Waals surface area contributed by atoms with Gasteiger partial charge in [0, 0.05) is 22.5 Å². The second-order valence-corrected chi connectivity index (χ2v) is 6.93. The van der Waals surface area contributed by atoms with E-state index in [1.54, 1.807) is 12.1 Å². The van der Waals surface area contributed by atoms with Gasteiger partial charge in [0.05, 0.1) is 11.4 Å². The molecule has 0 aliphatic carbocycles. The van der Waals surface area contributed by atoms with Gasteiger partial charge in [-0.1, -0.05) is 17.7 Å². The van der Waals surface area contributed by atoms with Crippen LogP contribution in [0, 0.1) is 11.7 Å². The molecule has 0 saturated carbocycles. The number of carbonyl (C=O) groups is 1. The van der Waals surface area contributed by atoms with E-state index < -0.39 is 0 Å². The minimum atomic E-state index is -0.351. The summed E-state index contributed by atoms with van der Waals surface area (Å²) in [4.78, 5) is 12.5. The number of amides is 1. The summed E-state index contributed by atoms with van der Waals surface area (Å²) in [5, 5.41) is 14.4. The van der Waals surface area contributed by atoms with Gasteiger partial charge in [0.15, 0.2) is 5.82 Å². The van der Waals surface area contributed by atoms with E-state index >= 15 is 0 Å². The van der Waals surface area contributed by atoms with E-state index in [0.717, 1.165) is 30.3 Å². The Morgan fingerprint density at radius 1 is 1.26 bits per heavy atom. The summed E-state index contributed by atoms with van der Waals surface area (Å²) in [5.41, 5.74) is 1.86. The van der Waals surface area contributed by atoms with Crippen LogP contribution >= 0.6 is 24.0 Å². The fourth-order valence-corrected chi connectivity index (χ4v) is 3.46. The Balaban J connectivity index is 0.00000210. The SMILES string of the molecule is Cl.O=C(Nc1n[nH]c2ccc(-c3cc(Cl)ccc3F)cc12)[C@@H]1CCCNC1. The van der Waals surface area contributed by atoms with Gasteiger partial charge in [0.1, 0.15) is 5.82 Å². The van der Waals surface area contributed by atoms with E-state index in [1.807, 2.05) is 12.1 Å². The van der Waals surface area contributed by atoms with Crippen molar-refractivity contribution in [2.24, 2.45) is 5.92 Å². The number of piperidine rings is 1. The van der Waals surface area contributed by atoms with Crippen LogP contribution in [0.4, 0.5) is 10.2 Å². The maximum atomic E-state index is 14.2. The number of nitrogens with zero attached hydrogens (tertiary/aromatic N) is 1. The summed E-state index contributed by atoms with van der Waals surface area (Å²) >= 11 is 6.00. The molecule has 1 aliphatic rings. The molecule has 0 bridgehead atoms. The predicted molar refractivity (Wildman–Crippen MR) is 108 cm³/mol. The largest absolute Gasteiger partial charge is 0.316 e. The topological polar surface area (TPSA) is 69.8 Å². The number of hydrogen-bond acceptors (Lipinski definition) is 3. The Bertz CT molecular complexity index is 969. The molecule has 5 nitrogen and oxygen atoms in total. The molecule has 2 heterocycles. The number of hydrogen-bond donors (Lipinski definition) is 3. The first-order chi connectivity index (χ1) is 12.6. The lowest BCUT2D eigenvalue weighted by atomic mass is 9.99. The zero-order chi connectivity index (χ0) is 18.1. The number of fused-ring (bicyclic) bond motifs is 1. The first-order valence-electron chi connectivity index (χ1n) is 8.57. The third-order valence-corrected chi connectivity index (χ3v) is 4.95. The number of rotatable bonds is 3. The van der Waals surface area contributed by atoms with Gasteiger partial charge in [-0.15, -0.1) is 12.4 Å². The van der Waals surface area contributed by atoms with Gasteiger partial charge in [-0.3, -0.25) is 9.89 Å². The molecule has 142 valence electrons. The van der Waals surface area contributed by atoms with Crippen molar-refractivity contribution in [2.45, 2.75) is 12.8 Å². The predicted octanol–water partition coefficient (Wildman–Crippen LogP) is 4.38. The Morgan fingerprint density at radius 3 is 2.89 bits per heavy atom. The molecule has 3 aromatic rings. The van der Waals surface area contributed by atoms with E-state index in [0.29, 0.717) is 28.5 Å². The summed E-state index contributed by atoms with van der Waals surface area (Å²) < 4.78 is 14.2. The summed E-state index contributed by atoms with van der Waals surface area (Å²) in [6.07, 6.45) is 1.84. The van der Waals surface area contributed by atoms with Crippen LogP contribution < -0.4 is 10.6 Å². The minimum Gasteiger partial charge on any atom is -0.316 e. The normalized spacial score (nSPS) is 16.7. The van der Waals surface area contributed by atoms with Crippen LogP contribution in [-0.2, 0) is 4.79 Å². The van der Waals surface area contributed by atoms with E-state index in [9.17, 15) is 9.18 Å². The first kappa shape index (κ1) is 19.6. The molecule has 0 radical (unpaired) electrons. The summed E-state index contributed by atoms with van der Waals surface area (Å²) in [6, 6.07) is 9.87. The van der Waals surface area contributed by atoms with Crippen molar-refractivity contribution in [2.75, 3.05) is 18.4 Å². The lowest BCUT2D eigenvalue weighted by molar-refractivity contribution is -0.120.